The Morgan fingerprint density at radius 3 is 2.40 bits per heavy atom. The molecule has 0 fully saturated rings. The van der Waals surface area contributed by atoms with Crippen molar-refractivity contribution in [2.75, 3.05) is 20.2 Å². The highest BCUT2D eigenvalue weighted by molar-refractivity contribution is 4.69. The van der Waals surface area contributed by atoms with Gasteiger partial charge < -0.3 is 10.1 Å². The fourth-order valence-electron chi connectivity index (χ4n) is 0.855. The van der Waals surface area contributed by atoms with Crippen LogP contribution in [0.4, 0.5) is 0 Å². The average Bonchev–Trinajstić information content (AvgIpc) is 1.84. The maximum Gasteiger partial charge on any atom is 0.0750 e. The van der Waals surface area contributed by atoms with E-state index in [1.807, 2.05) is 7.05 Å². The molecule has 2 heteroatoms. The van der Waals surface area contributed by atoms with Crippen molar-refractivity contribution in [3.8, 4) is 0 Å². The first kappa shape index (κ1) is 9.92. The van der Waals surface area contributed by atoms with Crippen molar-refractivity contribution in [2.24, 2.45) is 0 Å². The van der Waals surface area contributed by atoms with E-state index in [-0.39, 0.29) is 5.60 Å². The van der Waals surface area contributed by atoms with Crippen LogP contribution >= 0.6 is 0 Å². The van der Waals surface area contributed by atoms with Crippen molar-refractivity contribution in [1.82, 2.24) is 5.32 Å². The molecule has 0 unspecified atom stereocenters. The molecule has 0 aromatic rings. The summed E-state index contributed by atoms with van der Waals surface area (Å²) in [5, 5.41) is 3.09. The molecule has 0 bridgehead atoms. The molecule has 0 aromatic carbocycles. The first-order valence-corrected chi connectivity index (χ1v) is 3.91. The first-order chi connectivity index (χ1) is 4.62. The number of likely N-dealkylation sites (N-methyl/N-ethyl adjacent to an activating group) is 1. The molecule has 0 aromatic heterocycles. The van der Waals surface area contributed by atoms with Gasteiger partial charge in [0, 0.05) is 13.2 Å². The highest BCUT2D eigenvalue weighted by Crippen LogP contribution is 2.06. The Labute approximate surface area is 64.0 Å². The number of hydrogen-bond donors (Lipinski definition) is 1. The summed E-state index contributed by atoms with van der Waals surface area (Å²) in [6.07, 6.45) is 1.09. The van der Waals surface area contributed by atoms with Crippen LogP contribution < -0.4 is 5.32 Å². The average molecular weight is 145 g/mol. The highest BCUT2D eigenvalue weighted by atomic mass is 16.5. The molecule has 0 amide bonds. The van der Waals surface area contributed by atoms with Gasteiger partial charge in [0.2, 0.25) is 0 Å². The van der Waals surface area contributed by atoms with Crippen molar-refractivity contribution in [2.45, 2.75) is 32.8 Å². The van der Waals surface area contributed by atoms with Gasteiger partial charge in [0.1, 0.15) is 0 Å². The lowest BCUT2D eigenvalue weighted by Crippen LogP contribution is -2.36. The molecule has 0 aliphatic carbocycles. The normalized spacial score (nSPS) is 12.0. The molecule has 0 heterocycles. The monoisotopic (exact) mass is 145 g/mol. The maximum absolute atomic E-state index is 5.56. The standard InChI is InChI=1S/C8H19NO/c1-5-6-10-8(2,3)7-9-4/h9H,5-7H2,1-4H3. The van der Waals surface area contributed by atoms with Crippen LogP contribution in [0.25, 0.3) is 0 Å². The molecule has 0 aliphatic rings. The summed E-state index contributed by atoms with van der Waals surface area (Å²) >= 11 is 0. The van der Waals surface area contributed by atoms with Gasteiger partial charge in [0.25, 0.3) is 0 Å². The van der Waals surface area contributed by atoms with Crippen molar-refractivity contribution in [3.05, 3.63) is 0 Å². The van der Waals surface area contributed by atoms with E-state index in [1.165, 1.54) is 0 Å². The Morgan fingerprint density at radius 2 is 2.00 bits per heavy atom. The van der Waals surface area contributed by atoms with Gasteiger partial charge in [-0.1, -0.05) is 6.92 Å². The Bertz CT molecular complexity index is 81.3. The fourth-order valence-corrected chi connectivity index (χ4v) is 0.855. The van der Waals surface area contributed by atoms with Gasteiger partial charge in [-0.2, -0.15) is 0 Å². The van der Waals surface area contributed by atoms with Gasteiger partial charge in [-0.3, -0.25) is 0 Å². The van der Waals surface area contributed by atoms with Crippen molar-refractivity contribution in [3.63, 3.8) is 0 Å². The molecule has 0 saturated carbocycles. The zero-order valence-corrected chi connectivity index (χ0v) is 7.53. The predicted octanol–water partition coefficient (Wildman–Crippen LogP) is 1.41. The lowest BCUT2D eigenvalue weighted by molar-refractivity contribution is -0.0146. The van der Waals surface area contributed by atoms with E-state index in [9.17, 15) is 0 Å². The van der Waals surface area contributed by atoms with Crippen molar-refractivity contribution >= 4 is 0 Å². The second kappa shape index (κ2) is 4.69. The van der Waals surface area contributed by atoms with Crippen LogP contribution in [0.5, 0.6) is 0 Å². The lowest BCUT2D eigenvalue weighted by atomic mass is 10.1. The molecule has 62 valence electrons. The molecule has 0 saturated heterocycles. The van der Waals surface area contributed by atoms with Gasteiger partial charge in [-0.05, 0) is 27.3 Å². The summed E-state index contributed by atoms with van der Waals surface area (Å²) in [7, 11) is 1.94. The molecule has 0 atom stereocenters. The summed E-state index contributed by atoms with van der Waals surface area (Å²) in [5.41, 5.74) is -0.00917. The molecule has 0 aliphatic heterocycles. The van der Waals surface area contributed by atoms with Crippen LogP contribution in [0.1, 0.15) is 27.2 Å². The Kier molecular flexibility index (Phi) is 4.65. The molecule has 2 nitrogen and oxygen atoms in total. The zero-order valence-electron chi connectivity index (χ0n) is 7.53. The third-order valence-electron chi connectivity index (χ3n) is 1.30. The lowest BCUT2D eigenvalue weighted by Gasteiger charge is -2.24. The van der Waals surface area contributed by atoms with Gasteiger partial charge in [-0.15, -0.1) is 0 Å². The van der Waals surface area contributed by atoms with Crippen LogP contribution in [0.15, 0.2) is 0 Å². The van der Waals surface area contributed by atoms with Crippen LogP contribution in [0.2, 0.25) is 0 Å². The SMILES string of the molecule is CCCOC(C)(C)CNC. The smallest absolute Gasteiger partial charge is 0.0750 e. The predicted molar refractivity (Wildman–Crippen MR) is 44.2 cm³/mol. The molecular weight excluding hydrogens is 126 g/mol. The second-order valence-electron chi connectivity index (χ2n) is 3.14. The largest absolute Gasteiger partial charge is 0.374 e. The van der Waals surface area contributed by atoms with Gasteiger partial charge in [0.15, 0.2) is 0 Å². The van der Waals surface area contributed by atoms with Gasteiger partial charge >= 0.3 is 0 Å². The minimum absolute atomic E-state index is 0.00917. The highest BCUT2D eigenvalue weighted by Gasteiger charge is 2.15. The summed E-state index contributed by atoms with van der Waals surface area (Å²) in [6, 6.07) is 0. The van der Waals surface area contributed by atoms with Crippen molar-refractivity contribution < 1.29 is 4.74 Å². The summed E-state index contributed by atoms with van der Waals surface area (Å²) < 4.78 is 5.56. The fraction of sp³-hybridized carbons (Fsp3) is 1.00. The van der Waals surface area contributed by atoms with E-state index in [0.717, 1.165) is 19.6 Å². The Balaban J connectivity index is 3.42. The summed E-state index contributed by atoms with van der Waals surface area (Å²) in [4.78, 5) is 0. The molecule has 0 rings (SSSR count). The molecule has 0 radical (unpaired) electrons. The van der Waals surface area contributed by atoms with E-state index in [0.29, 0.717) is 0 Å². The maximum atomic E-state index is 5.56. The van der Waals surface area contributed by atoms with Crippen LogP contribution in [-0.2, 0) is 4.74 Å². The number of hydrogen-bond acceptors (Lipinski definition) is 2. The van der Waals surface area contributed by atoms with E-state index in [4.69, 9.17) is 4.74 Å². The number of rotatable bonds is 5. The summed E-state index contributed by atoms with van der Waals surface area (Å²) in [6.45, 7) is 8.08. The topological polar surface area (TPSA) is 21.3 Å². The van der Waals surface area contributed by atoms with Crippen molar-refractivity contribution in [1.29, 1.82) is 0 Å². The molecule has 0 spiro atoms. The van der Waals surface area contributed by atoms with Crippen LogP contribution in [0.3, 0.4) is 0 Å². The third-order valence-corrected chi connectivity index (χ3v) is 1.30. The molecule has 1 N–H and O–H groups in total. The quantitative estimate of drug-likeness (QED) is 0.631. The molecule has 10 heavy (non-hydrogen) atoms. The minimum atomic E-state index is -0.00917. The van der Waals surface area contributed by atoms with Gasteiger partial charge in [0.05, 0.1) is 5.60 Å². The number of nitrogens with one attached hydrogen (secondary N) is 1. The summed E-state index contributed by atoms with van der Waals surface area (Å²) in [5.74, 6) is 0. The minimum Gasteiger partial charge on any atom is -0.374 e. The van der Waals surface area contributed by atoms with Crippen LogP contribution in [0, 0.1) is 0 Å². The van der Waals surface area contributed by atoms with E-state index < -0.39 is 0 Å². The Hall–Kier alpha value is -0.0800. The second-order valence-corrected chi connectivity index (χ2v) is 3.14. The molecular formula is C8H19NO. The zero-order chi connectivity index (χ0) is 8.04. The van der Waals surface area contributed by atoms with E-state index in [1.54, 1.807) is 0 Å². The Morgan fingerprint density at radius 1 is 1.40 bits per heavy atom. The first-order valence-electron chi connectivity index (χ1n) is 3.91. The van der Waals surface area contributed by atoms with E-state index in [2.05, 4.69) is 26.1 Å². The van der Waals surface area contributed by atoms with Gasteiger partial charge in [-0.25, -0.2) is 0 Å². The number of ether oxygens (including phenoxy) is 1. The van der Waals surface area contributed by atoms with E-state index >= 15 is 0 Å². The van der Waals surface area contributed by atoms with Crippen LogP contribution in [-0.4, -0.2) is 25.8 Å². The third kappa shape index (κ3) is 4.77.